The third-order valence-corrected chi connectivity index (χ3v) is 6.37. The van der Waals surface area contributed by atoms with Crippen LogP contribution >= 0.6 is 11.8 Å². The van der Waals surface area contributed by atoms with Crippen LogP contribution in [0.4, 0.5) is 10.1 Å². The number of amides is 1. The van der Waals surface area contributed by atoms with E-state index in [9.17, 15) is 14.0 Å². The number of nitrogens with one attached hydrogen (secondary N) is 1. The summed E-state index contributed by atoms with van der Waals surface area (Å²) in [7, 11) is 0. The minimum absolute atomic E-state index is 0.0282. The van der Waals surface area contributed by atoms with Gasteiger partial charge in [-0.1, -0.05) is 68.1 Å². The molecule has 0 radical (unpaired) electrons. The topological polar surface area (TPSA) is 64.0 Å². The maximum Gasteiger partial charge on any atom is 0.266 e. The number of carbonyl (C=O) groups is 1. The molecule has 0 spiro atoms. The predicted molar refractivity (Wildman–Crippen MR) is 132 cm³/mol. The van der Waals surface area contributed by atoms with Gasteiger partial charge in [-0.15, -0.1) is 0 Å². The predicted octanol–water partition coefficient (Wildman–Crippen LogP) is 5.38. The smallest absolute Gasteiger partial charge is 0.266 e. The van der Waals surface area contributed by atoms with E-state index < -0.39 is 5.82 Å². The summed E-state index contributed by atoms with van der Waals surface area (Å²) in [6, 6.07) is 19.0. The molecule has 0 aliphatic carbocycles. The highest BCUT2D eigenvalue weighted by Gasteiger charge is 2.18. The molecule has 0 bridgehead atoms. The molecule has 0 aliphatic heterocycles. The van der Waals surface area contributed by atoms with Crippen LogP contribution in [0.2, 0.25) is 0 Å². The van der Waals surface area contributed by atoms with Crippen LogP contribution in [0.15, 0.2) is 76.7 Å². The van der Waals surface area contributed by atoms with Crippen molar-refractivity contribution in [1.29, 1.82) is 0 Å². The number of thioether (sulfide) groups is 1. The Labute approximate surface area is 195 Å². The standard InChI is InChI=1S/C26H24FN3O2S/c1-3-17-10-9-11-18(4-2)24(17)29-23(31)16-33-26-28-21-14-7-5-12-19(21)25(32)30(26)22-15-8-6-13-20(22)27/h5-15H,3-4,16H2,1-2H3,(H,29,31). The van der Waals surface area contributed by atoms with Crippen LogP contribution in [0.25, 0.3) is 16.6 Å². The summed E-state index contributed by atoms with van der Waals surface area (Å²) in [5.74, 6) is -0.717. The summed E-state index contributed by atoms with van der Waals surface area (Å²) in [6.45, 7) is 4.09. The molecule has 1 aromatic heterocycles. The highest BCUT2D eigenvalue weighted by molar-refractivity contribution is 7.99. The molecule has 1 amide bonds. The van der Waals surface area contributed by atoms with E-state index in [2.05, 4.69) is 10.3 Å². The zero-order chi connectivity index (χ0) is 23.4. The number of aryl methyl sites for hydroxylation is 2. The number of rotatable bonds is 7. The molecular weight excluding hydrogens is 437 g/mol. The summed E-state index contributed by atoms with van der Waals surface area (Å²) >= 11 is 1.11. The van der Waals surface area contributed by atoms with E-state index in [0.717, 1.165) is 41.4 Å². The zero-order valence-electron chi connectivity index (χ0n) is 18.5. The van der Waals surface area contributed by atoms with E-state index in [1.54, 1.807) is 36.4 Å². The molecule has 0 unspecified atom stereocenters. The lowest BCUT2D eigenvalue weighted by molar-refractivity contribution is -0.113. The van der Waals surface area contributed by atoms with Gasteiger partial charge in [-0.25, -0.2) is 9.37 Å². The number of aromatic nitrogens is 2. The van der Waals surface area contributed by atoms with Crippen LogP contribution in [-0.2, 0) is 17.6 Å². The first kappa shape index (κ1) is 22.7. The molecule has 7 heteroatoms. The van der Waals surface area contributed by atoms with Gasteiger partial charge >= 0.3 is 0 Å². The van der Waals surface area contributed by atoms with Gasteiger partial charge in [0, 0.05) is 5.69 Å². The van der Waals surface area contributed by atoms with E-state index >= 15 is 0 Å². The lowest BCUT2D eigenvalue weighted by Crippen LogP contribution is -2.24. The van der Waals surface area contributed by atoms with Gasteiger partial charge in [0.1, 0.15) is 5.82 Å². The SMILES string of the molecule is CCc1cccc(CC)c1NC(=O)CSc1nc2ccccc2c(=O)n1-c1ccccc1F. The van der Waals surface area contributed by atoms with Gasteiger partial charge in [0.15, 0.2) is 5.16 Å². The lowest BCUT2D eigenvalue weighted by Gasteiger charge is -2.16. The number of halogens is 1. The minimum Gasteiger partial charge on any atom is -0.325 e. The second-order valence-electron chi connectivity index (χ2n) is 7.50. The van der Waals surface area contributed by atoms with Gasteiger partial charge in [0.2, 0.25) is 5.91 Å². The van der Waals surface area contributed by atoms with Crippen molar-refractivity contribution in [3.05, 3.63) is 94.0 Å². The van der Waals surface area contributed by atoms with Crippen molar-refractivity contribution in [2.45, 2.75) is 31.8 Å². The maximum atomic E-state index is 14.6. The maximum absolute atomic E-state index is 14.6. The number of para-hydroxylation sites is 3. The molecule has 33 heavy (non-hydrogen) atoms. The highest BCUT2D eigenvalue weighted by atomic mass is 32.2. The second kappa shape index (κ2) is 10.0. The Balaban J connectivity index is 1.68. The van der Waals surface area contributed by atoms with Crippen LogP contribution in [0.5, 0.6) is 0 Å². The summed E-state index contributed by atoms with van der Waals surface area (Å²) < 4.78 is 15.9. The van der Waals surface area contributed by atoms with Crippen molar-refractivity contribution in [3.8, 4) is 5.69 Å². The van der Waals surface area contributed by atoms with Crippen LogP contribution in [0, 0.1) is 5.82 Å². The molecule has 0 saturated carbocycles. The fourth-order valence-corrected chi connectivity index (χ4v) is 4.57. The van der Waals surface area contributed by atoms with Gasteiger partial charge in [-0.05, 0) is 48.2 Å². The monoisotopic (exact) mass is 461 g/mol. The van der Waals surface area contributed by atoms with Gasteiger partial charge in [-0.3, -0.25) is 14.2 Å². The van der Waals surface area contributed by atoms with Crippen molar-refractivity contribution in [1.82, 2.24) is 9.55 Å². The van der Waals surface area contributed by atoms with E-state index in [0.29, 0.717) is 10.9 Å². The highest BCUT2D eigenvalue weighted by Crippen LogP contribution is 2.25. The lowest BCUT2D eigenvalue weighted by atomic mass is 10.0. The fourth-order valence-electron chi connectivity index (χ4n) is 3.76. The Morgan fingerprint density at radius 2 is 1.64 bits per heavy atom. The van der Waals surface area contributed by atoms with Crippen molar-refractivity contribution < 1.29 is 9.18 Å². The molecule has 4 aromatic rings. The van der Waals surface area contributed by atoms with E-state index in [1.165, 1.54) is 16.7 Å². The van der Waals surface area contributed by atoms with Crippen molar-refractivity contribution in [2.75, 3.05) is 11.1 Å². The van der Waals surface area contributed by atoms with Crippen LogP contribution < -0.4 is 10.9 Å². The number of nitrogens with zero attached hydrogens (tertiary/aromatic N) is 2. The quantitative estimate of drug-likeness (QED) is 0.296. The van der Waals surface area contributed by atoms with Crippen LogP contribution in [-0.4, -0.2) is 21.2 Å². The number of hydrogen-bond acceptors (Lipinski definition) is 4. The summed E-state index contributed by atoms with van der Waals surface area (Å²) in [4.78, 5) is 30.7. The van der Waals surface area contributed by atoms with Gasteiger partial charge in [0.25, 0.3) is 5.56 Å². The second-order valence-corrected chi connectivity index (χ2v) is 8.44. The first-order valence-corrected chi connectivity index (χ1v) is 11.8. The Kier molecular flexibility index (Phi) is 6.89. The summed E-state index contributed by atoms with van der Waals surface area (Å²) in [5, 5.41) is 3.68. The summed E-state index contributed by atoms with van der Waals surface area (Å²) in [5.41, 5.74) is 3.21. The average Bonchev–Trinajstić information content (AvgIpc) is 2.83. The van der Waals surface area contributed by atoms with Crippen LogP contribution in [0.3, 0.4) is 0 Å². The van der Waals surface area contributed by atoms with E-state index in [1.807, 2.05) is 32.0 Å². The van der Waals surface area contributed by atoms with Crippen molar-refractivity contribution in [2.24, 2.45) is 0 Å². The number of fused-ring (bicyclic) bond motifs is 1. The number of benzene rings is 3. The molecule has 3 aromatic carbocycles. The molecule has 168 valence electrons. The Morgan fingerprint density at radius 3 is 2.33 bits per heavy atom. The van der Waals surface area contributed by atoms with Gasteiger partial charge < -0.3 is 5.32 Å². The molecule has 4 rings (SSSR count). The number of anilines is 1. The normalized spacial score (nSPS) is 11.0. The number of hydrogen-bond donors (Lipinski definition) is 1. The van der Waals surface area contributed by atoms with E-state index in [4.69, 9.17) is 0 Å². The first-order valence-electron chi connectivity index (χ1n) is 10.8. The molecule has 0 fully saturated rings. The molecule has 0 aliphatic rings. The van der Waals surface area contributed by atoms with Gasteiger partial charge in [-0.2, -0.15) is 0 Å². The van der Waals surface area contributed by atoms with Crippen molar-refractivity contribution in [3.63, 3.8) is 0 Å². The molecule has 1 N–H and O–H groups in total. The van der Waals surface area contributed by atoms with Crippen LogP contribution in [0.1, 0.15) is 25.0 Å². The number of carbonyl (C=O) groups excluding carboxylic acids is 1. The molecule has 5 nitrogen and oxygen atoms in total. The third-order valence-electron chi connectivity index (χ3n) is 5.43. The average molecular weight is 462 g/mol. The molecule has 0 saturated heterocycles. The van der Waals surface area contributed by atoms with Crippen molar-refractivity contribution >= 4 is 34.3 Å². The Hall–Kier alpha value is -3.45. The third kappa shape index (κ3) is 4.68. The zero-order valence-corrected chi connectivity index (χ0v) is 19.3. The largest absolute Gasteiger partial charge is 0.325 e. The molecule has 0 atom stereocenters. The minimum atomic E-state index is -0.535. The Morgan fingerprint density at radius 1 is 0.970 bits per heavy atom. The Bertz CT molecular complexity index is 1360. The first-order chi connectivity index (χ1) is 16.0. The fraction of sp³-hybridized carbons (Fsp3) is 0.192. The summed E-state index contributed by atoms with van der Waals surface area (Å²) in [6.07, 6.45) is 1.60. The van der Waals surface area contributed by atoms with Gasteiger partial charge in [0.05, 0.1) is 22.3 Å². The molecular formula is C26H24FN3O2S. The van der Waals surface area contributed by atoms with E-state index in [-0.39, 0.29) is 28.1 Å². The molecule has 1 heterocycles.